The average molecular weight is 710 g/mol. The van der Waals surface area contributed by atoms with Crippen LogP contribution in [0.1, 0.15) is 143 Å². The molecule has 1 amide bonds. The summed E-state index contributed by atoms with van der Waals surface area (Å²) in [5, 5.41) is 2.91. The van der Waals surface area contributed by atoms with Gasteiger partial charge in [0.2, 0.25) is 5.91 Å². The molecule has 0 saturated heterocycles. The van der Waals surface area contributed by atoms with Gasteiger partial charge in [-0.2, -0.15) is 0 Å². The molecule has 0 spiro atoms. The van der Waals surface area contributed by atoms with Gasteiger partial charge in [-0.25, -0.2) is 4.79 Å². The molecule has 8 heteroatoms. The lowest BCUT2D eigenvalue weighted by atomic mass is 9.81. The van der Waals surface area contributed by atoms with E-state index in [1.807, 2.05) is 32.9 Å². The second-order valence-electron chi connectivity index (χ2n) is 13.1. The Morgan fingerprint density at radius 2 is 1.14 bits per heavy atom. The van der Waals surface area contributed by atoms with Gasteiger partial charge in [-0.05, 0) is 95.8 Å². The molecule has 1 fully saturated rings. The van der Waals surface area contributed by atoms with E-state index in [-0.39, 0.29) is 36.6 Å². The van der Waals surface area contributed by atoms with Crippen molar-refractivity contribution >= 4 is 23.8 Å². The number of amides is 1. The summed E-state index contributed by atoms with van der Waals surface area (Å²) in [6.07, 6.45) is 36.8. The van der Waals surface area contributed by atoms with Crippen LogP contribution in [-0.2, 0) is 33.4 Å². The maximum atomic E-state index is 13.1. The van der Waals surface area contributed by atoms with Crippen molar-refractivity contribution in [1.82, 2.24) is 5.32 Å². The van der Waals surface area contributed by atoms with Crippen molar-refractivity contribution in [3.8, 4) is 0 Å². The van der Waals surface area contributed by atoms with Gasteiger partial charge in [0.25, 0.3) is 0 Å². The number of carbonyl (C=O) groups excluding carboxylic acids is 4. The predicted octanol–water partition coefficient (Wildman–Crippen LogP) is 9.91. The number of unbranched alkanes of at least 4 members (excludes halogenated alkanes) is 1. The number of ether oxygens (including phenoxy) is 3. The highest BCUT2D eigenvalue weighted by atomic mass is 16.6. The first-order chi connectivity index (χ1) is 24.8. The van der Waals surface area contributed by atoms with Crippen molar-refractivity contribution in [3.05, 3.63) is 72.9 Å². The molecule has 51 heavy (non-hydrogen) atoms. The quantitative estimate of drug-likeness (QED) is 0.0392. The summed E-state index contributed by atoms with van der Waals surface area (Å²) >= 11 is 0. The second-order valence-corrected chi connectivity index (χ2v) is 13.1. The Morgan fingerprint density at radius 1 is 0.627 bits per heavy atom. The number of nitrogens with one attached hydrogen (secondary N) is 1. The summed E-state index contributed by atoms with van der Waals surface area (Å²) < 4.78 is 17.0. The molecule has 286 valence electrons. The Balaban J connectivity index is 2.56. The Labute approximate surface area is 308 Å². The van der Waals surface area contributed by atoms with Crippen LogP contribution in [0, 0.1) is 5.92 Å². The highest BCUT2D eigenvalue weighted by molar-refractivity contribution is 5.84. The maximum Gasteiger partial charge on any atom is 0.328 e. The van der Waals surface area contributed by atoms with Crippen molar-refractivity contribution in [2.45, 2.75) is 162 Å². The maximum absolute atomic E-state index is 13.1. The molecule has 0 aliphatic heterocycles. The number of carbonyl (C=O) groups is 4. The largest absolute Gasteiger partial charge is 0.464 e. The zero-order valence-electron chi connectivity index (χ0n) is 32.0. The van der Waals surface area contributed by atoms with Crippen LogP contribution in [0.4, 0.5) is 0 Å². The summed E-state index contributed by atoms with van der Waals surface area (Å²) in [6.45, 7) is 8.28. The smallest absolute Gasteiger partial charge is 0.328 e. The minimum Gasteiger partial charge on any atom is -0.464 e. The van der Waals surface area contributed by atoms with Crippen molar-refractivity contribution in [2.75, 3.05) is 6.61 Å². The number of allylic oxidation sites excluding steroid dienone is 12. The van der Waals surface area contributed by atoms with E-state index in [1.165, 1.54) is 0 Å². The van der Waals surface area contributed by atoms with Gasteiger partial charge >= 0.3 is 17.9 Å². The molecule has 4 atom stereocenters. The van der Waals surface area contributed by atoms with E-state index in [0.717, 1.165) is 51.4 Å². The van der Waals surface area contributed by atoms with Crippen LogP contribution in [0.5, 0.6) is 0 Å². The minimum absolute atomic E-state index is 0.0158. The first kappa shape index (κ1) is 45.3. The van der Waals surface area contributed by atoms with Crippen LogP contribution in [0.25, 0.3) is 0 Å². The highest BCUT2D eigenvalue weighted by Gasteiger charge is 2.38. The molecular weight excluding hydrogens is 642 g/mol. The van der Waals surface area contributed by atoms with Gasteiger partial charge in [-0.15, -0.1) is 0 Å². The third-order valence-corrected chi connectivity index (χ3v) is 8.38. The molecule has 0 aromatic carbocycles. The summed E-state index contributed by atoms with van der Waals surface area (Å²) in [7, 11) is 0. The number of rotatable bonds is 27. The van der Waals surface area contributed by atoms with Gasteiger partial charge in [-0.3, -0.25) is 14.4 Å². The van der Waals surface area contributed by atoms with Crippen LogP contribution in [0.3, 0.4) is 0 Å². The van der Waals surface area contributed by atoms with Gasteiger partial charge < -0.3 is 19.5 Å². The van der Waals surface area contributed by atoms with E-state index in [9.17, 15) is 19.2 Å². The number of esters is 3. The first-order valence-electron chi connectivity index (χ1n) is 19.6. The van der Waals surface area contributed by atoms with Crippen LogP contribution in [0.2, 0.25) is 0 Å². The van der Waals surface area contributed by atoms with E-state index >= 15 is 0 Å². The minimum atomic E-state index is -0.796. The molecule has 8 nitrogen and oxygen atoms in total. The molecule has 1 rings (SSSR count). The number of hydrogen-bond donors (Lipinski definition) is 1. The van der Waals surface area contributed by atoms with Gasteiger partial charge in [0.1, 0.15) is 18.2 Å². The Bertz CT molecular complexity index is 1150. The Hall–Kier alpha value is -3.68. The monoisotopic (exact) mass is 709 g/mol. The lowest BCUT2D eigenvalue weighted by molar-refractivity contribution is -0.174. The molecule has 1 aliphatic carbocycles. The van der Waals surface area contributed by atoms with E-state index < -0.39 is 24.2 Å². The standard InChI is InChI=1S/C43H67NO7/c1-5-9-11-12-13-14-15-16-17-18-19-20-21-22-23-24-25-26-27-30-40(45)44-37(43(48)49-33-10-6-2)34-36-31-32-38(50-41(46)28-7-3)39(35-36)51-42(47)29-8-4/h9,11,13-14,16-17,19-20,22-23,25-26,36-39H,5-8,10,12,15,18,21,24,27-35H2,1-4H3,(H,44,45)/b11-9-,14-13-,17-16-,20-19-,23-22-,26-25-. The fraction of sp³-hybridized carbons (Fsp3) is 0.628. The van der Waals surface area contributed by atoms with Crippen molar-refractivity contribution in [1.29, 1.82) is 0 Å². The van der Waals surface area contributed by atoms with Crippen LogP contribution in [0.15, 0.2) is 72.9 Å². The summed E-state index contributed by atoms with van der Waals surface area (Å²) in [4.78, 5) is 50.6. The zero-order valence-corrected chi connectivity index (χ0v) is 32.0. The molecule has 1 saturated carbocycles. The highest BCUT2D eigenvalue weighted by Crippen LogP contribution is 2.32. The van der Waals surface area contributed by atoms with Crippen LogP contribution < -0.4 is 5.32 Å². The molecule has 0 aromatic heterocycles. The third-order valence-electron chi connectivity index (χ3n) is 8.38. The van der Waals surface area contributed by atoms with E-state index in [2.05, 4.69) is 73.0 Å². The summed E-state index contributed by atoms with van der Waals surface area (Å²) in [6, 6.07) is -0.796. The lowest BCUT2D eigenvalue weighted by Gasteiger charge is -2.36. The fourth-order valence-electron chi connectivity index (χ4n) is 5.61. The van der Waals surface area contributed by atoms with E-state index in [4.69, 9.17) is 14.2 Å². The van der Waals surface area contributed by atoms with Crippen LogP contribution in [-0.4, -0.2) is 48.7 Å². The van der Waals surface area contributed by atoms with Gasteiger partial charge in [0, 0.05) is 19.3 Å². The van der Waals surface area contributed by atoms with Gasteiger partial charge in [0.15, 0.2) is 0 Å². The molecule has 0 heterocycles. The van der Waals surface area contributed by atoms with Gasteiger partial charge in [0.05, 0.1) is 6.61 Å². The zero-order chi connectivity index (χ0) is 37.4. The topological polar surface area (TPSA) is 108 Å². The fourth-order valence-corrected chi connectivity index (χ4v) is 5.61. The summed E-state index contributed by atoms with van der Waals surface area (Å²) in [5.41, 5.74) is 0. The third kappa shape index (κ3) is 24.2. The van der Waals surface area contributed by atoms with Crippen molar-refractivity contribution in [2.24, 2.45) is 5.92 Å². The molecular formula is C43H67NO7. The van der Waals surface area contributed by atoms with E-state index in [0.29, 0.717) is 58.0 Å². The van der Waals surface area contributed by atoms with Crippen molar-refractivity contribution < 1.29 is 33.4 Å². The van der Waals surface area contributed by atoms with Crippen LogP contribution >= 0.6 is 0 Å². The molecule has 0 radical (unpaired) electrons. The normalized spacial score (nSPS) is 18.8. The SMILES string of the molecule is CC/C=C\C/C=C\C/C=C\C/C=C\C/C=C\C/C=C\CCC(=O)NC(CC1CCC(OC(=O)CCC)C(OC(=O)CCC)C1)C(=O)OCCCC. The summed E-state index contributed by atoms with van der Waals surface area (Å²) in [5.74, 6) is -1.29. The number of hydrogen-bond acceptors (Lipinski definition) is 7. The Morgan fingerprint density at radius 3 is 1.65 bits per heavy atom. The molecule has 1 N–H and O–H groups in total. The second kappa shape index (κ2) is 31.1. The van der Waals surface area contributed by atoms with E-state index in [1.54, 1.807) is 0 Å². The average Bonchev–Trinajstić information content (AvgIpc) is 3.10. The predicted molar refractivity (Wildman–Crippen MR) is 207 cm³/mol. The molecule has 1 aliphatic rings. The molecule has 4 unspecified atom stereocenters. The van der Waals surface area contributed by atoms with Gasteiger partial charge in [-0.1, -0.05) is 107 Å². The molecule has 0 aromatic rings. The van der Waals surface area contributed by atoms with Crippen molar-refractivity contribution in [3.63, 3.8) is 0 Å². The lowest BCUT2D eigenvalue weighted by Crippen LogP contribution is -2.46. The first-order valence-corrected chi connectivity index (χ1v) is 19.6. The Kier molecular flexibility index (Phi) is 27.6. The molecule has 0 bridgehead atoms.